The van der Waals surface area contributed by atoms with Gasteiger partial charge in [0.25, 0.3) is 0 Å². The van der Waals surface area contributed by atoms with Gasteiger partial charge in [-0.15, -0.1) is 10.2 Å². The molecule has 1 unspecified atom stereocenters. The lowest BCUT2D eigenvalue weighted by atomic mass is 9.96. The summed E-state index contributed by atoms with van der Waals surface area (Å²) in [5.41, 5.74) is 0. The molecule has 0 aromatic carbocycles. The lowest BCUT2D eigenvalue weighted by Gasteiger charge is -2.44. The highest BCUT2D eigenvalue weighted by atomic mass is 19.4. The maximum Gasteiger partial charge on any atom is 0.491 e. The first kappa shape index (κ1) is 16.6. The summed E-state index contributed by atoms with van der Waals surface area (Å²) >= 11 is 0. The van der Waals surface area contributed by atoms with Gasteiger partial charge in [0, 0.05) is 0 Å². The Bertz CT molecular complexity index is 502. The van der Waals surface area contributed by atoms with Crippen LogP contribution >= 0.6 is 0 Å². The van der Waals surface area contributed by atoms with Crippen molar-refractivity contribution in [2.24, 2.45) is 20.7 Å². The highest BCUT2D eigenvalue weighted by Crippen LogP contribution is 2.34. The highest BCUT2D eigenvalue weighted by molar-refractivity contribution is 5.75. The van der Waals surface area contributed by atoms with Gasteiger partial charge in [-0.05, 0) is 10.4 Å². The van der Waals surface area contributed by atoms with E-state index in [4.69, 9.17) is 0 Å². The number of carbonyl (C=O) groups excluding carboxylic acids is 1. The minimum atomic E-state index is -5.50. The molecule has 2 aliphatic heterocycles. The number of halogens is 3. The SMILES string of the molecule is O=C(O[C@@]1(O)OC(C2N=NN=N2)[C@@H](O)[C@H](O)[C@H]1O)C(F)(F)F. The number of rotatable bonds is 2. The normalized spacial score (nSPS) is 39.2. The van der Waals surface area contributed by atoms with Crippen molar-refractivity contribution < 1.29 is 47.9 Å². The third-order valence-electron chi connectivity index (χ3n) is 2.83. The minimum Gasteiger partial charge on any atom is -0.399 e. The van der Waals surface area contributed by atoms with E-state index in [1.165, 1.54) is 0 Å². The molecule has 2 aliphatic rings. The second-order valence-corrected chi connectivity index (χ2v) is 4.35. The summed E-state index contributed by atoms with van der Waals surface area (Å²) in [6.07, 6.45) is -15.4. The predicted octanol–water partition coefficient (Wildman–Crippen LogP) is -1.62. The molecule has 5 atom stereocenters. The molecule has 2 rings (SSSR count). The lowest BCUT2D eigenvalue weighted by molar-refractivity contribution is -0.438. The fourth-order valence-corrected chi connectivity index (χ4v) is 1.75. The van der Waals surface area contributed by atoms with E-state index >= 15 is 0 Å². The van der Waals surface area contributed by atoms with Crippen LogP contribution in [0.3, 0.4) is 0 Å². The summed E-state index contributed by atoms with van der Waals surface area (Å²) in [7, 11) is 0. The van der Waals surface area contributed by atoms with Crippen LogP contribution in [0.25, 0.3) is 0 Å². The van der Waals surface area contributed by atoms with Gasteiger partial charge in [-0.25, -0.2) is 4.79 Å². The van der Waals surface area contributed by atoms with Gasteiger partial charge in [0.2, 0.25) is 6.17 Å². The molecule has 0 radical (unpaired) electrons. The molecular weight excluding hydrogens is 321 g/mol. The van der Waals surface area contributed by atoms with Crippen LogP contribution < -0.4 is 0 Å². The predicted molar refractivity (Wildman–Crippen MR) is 53.5 cm³/mol. The Labute approximate surface area is 118 Å². The third-order valence-corrected chi connectivity index (χ3v) is 2.83. The highest BCUT2D eigenvalue weighted by Gasteiger charge is 2.60. The quantitative estimate of drug-likeness (QED) is 0.348. The first-order valence-corrected chi connectivity index (χ1v) is 5.61. The molecule has 0 spiro atoms. The van der Waals surface area contributed by atoms with E-state index in [9.17, 15) is 38.4 Å². The van der Waals surface area contributed by atoms with Crippen LogP contribution in [0.15, 0.2) is 20.7 Å². The Morgan fingerprint density at radius 3 is 2.18 bits per heavy atom. The molecule has 0 aromatic heterocycles. The Balaban J connectivity index is 2.23. The molecule has 14 heteroatoms. The molecule has 22 heavy (non-hydrogen) atoms. The van der Waals surface area contributed by atoms with E-state index in [0.29, 0.717) is 0 Å². The third kappa shape index (κ3) is 2.91. The van der Waals surface area contributed by atoms with E-state index in [0.717, 1.165) is 0 Å². The van der Waals surface area contributed by atoms with Crippen molar-refractivity contribution in [2.45, 2.75) is 42.7 Å². The maximum atomic E-state index is 12.2. The molecule has 0 bridgehead atoms. The first-order chi connectivity index (χ1) is 10.1. The van der Waals surface area contributed by atoms with Gasteiger partial charge < -0.3 is 29.9 Å². The summed E-state index contributed by atoms with van der Waals surface area (Å²) in [4.78, 5) is 10.8. The maximum absolute atomic E-state index is 12.2. The summed E-state index contributed by atoms with van der Waals surface area (Å²) < 4.78 is 44.7. The lowest BCUT2D eigenvalue weighted by Crippen LogP contribution is -2.68. The van der Waals surface area contributed by atoms with Gasteiger partial charge in [-0.1, -0.05) is 0 Å². The number of carbonyl (C=O) groups is 1. The molecule has 1 saturated heterocycles. The molecule has 4 N–H and O–H groups in total. The van der Waals surface area contributed by atoms with Crippen molar-refractivity contribution in [3.05, 3.63) is 0 Å². The van der Waals surface area contributed by atoms with Gasteiger partial charge in [0.05, 0.1) is 0 Å². The first-order valence-electron chi connectivity index (χ1n) is 5.61. The minimum absolute atomic E-state index is 1.42. The number of aliphatic hydroxyl groups excluding tert-OH is 3. The van der Waals surface area contributed by atoms with Gasteiger partial charge in [0.15, 0.2) is 6.10 Å². The standard InChI is InChI=1S/C8H9F3N4O7/c9-7(10,11)6(19)22-8(20)4(18)2(17)1(16)3(21-8)5-12-14-15-13-5/h1-5,16-18,20H/t1-,2-,3?,4+,8-/m0/s1. The number of nitrogens with zero attached hydrogens (tertiary/aromatic N) is 4. The van der Waals surface area contributed by atoms with Crippen molar-refractivity contribution in [3.63, 3.8) is 0 Å². The average Bonchev–Trinajstić information content (AvgIpc) is 2.94. The van der Waals surface area contributed by atoms with Gasteiger partial charge >= 0.3 is 18.1 Å². The van der Waals surface area contributed by atoms with Crippen molar-refractivity contribution >= 4 is 5.97 Å². The largest absolute Gasteiger partial charge is 0.491 e. The topological polar surface area (TPSA) is 166 Å². The van der Waals surface area contributed by atoms with E-state index in [1.807, 2.05) is 0 Å². The summed E-state index contributed by atoms with van der Waals surface area (Å²) in [6.45, 7) is 0. The van der Waals surface area contributed by atoms with Gasteiger partial charge in [0.1, 0.15) is 18.3 Å². The van der Waals surface area contributed by atoms with Crippen molar-refractivity contribution in [1.82, 2.24) is 0 Å². The van der Waals surface area contributed by atoms with Crippen LogP contribution in [-0.4, -0.2) is 69.1 Å². The smallest absolute Gasteiger partial charge is 0.399 e. The summed E-state index contributed by atoms with van der Waals surface area (Å²) in [5.74, 6) is -6.46. The van der Waals surface area contributed by atoms with Crippen molar-refractivity contribution in [2.75, 3.05) is 0 Å². The zero-order valence-electron chi connectivity index (χ0n) is 10.3. The summed E-state index contributed by atoms with van der Waals surface area (Å²) in [5, 5.41) is 51.2. The van der Waals surface area contributed by atoms with E-state index in [1.54, 1.807) is 0 Å². The number of hydrogen-bond donors (Lipinski definition) is 4. The molecule has 0 amide bonds. The summed E-state index contributed by atoms with van der Waals surface area (Å²) in [6, 6.07) is 0. The Morgan fingerprint density at radius 1 is 1.14 bits per heavy atom. The Morgan fingerprint density at radius 2 is 1.68 bits per heavy atom. The van der Waals surface area contributed by atoms with Crippen LogP contribution in [0.5, 0.6) is 0 Å². The van der Waals surface area contributed by atoms with Crippen molar-refractivity contribution in [3.8, 4) is 0 Å². The number of esters is 1. The number of hydrogen-bond acceptors (Lipinski definition) is 11. The molecule has 0 saturated carbocycles. The molecular formula is C8H9F3N4O7. The fourth-order valence-electron chi connectivity index (χ4n) is 1.75. The van der Waals surface area contributed by atoms with Crippen LogP contribution in [0, 0.1) is 0 Å². The second kappa shape index (κ2) is 5.47. The molecule has 0 aliphatic carbocycles. The Kier molecular flexibility index (Phi) is 4.14. The monoisotopic (exact) mass is 330 g/mol. The number of aliphatic hydroxyl groups is 4. The Hall–Kier alpha value is -1.74. The number of alkyl halides is 3. The molecule has 0 aromatic rings. The zero-order chi connectivity index (χ0) is 16.7. The van der Waals surface area contributed by atoms with Gasteiger partial charge in [-0.2, -0.15) is 13.2 Å². The van der Waals surface area contributed by atoms with E-state index in [-0.39, 0.29) is 0 Å². The van der Waals surface area contributed by atoms with E-state index < -0.39 is 48.7 Å². The second-order valence-electron chi connectivity index (χ2n) is 4.35. The number of ether oxygens (including phenoxy) is 2. The van der Waals surface area contributed by atoms with Crippen LogP contribution in [-0.2, 0) is 14.3 Å². The van der Waals surface area contributed by atoms with E-state index in [2.05, 4.69) is 30.1 Å². The molecule has 2 heterocycles. The molecule has 11 nitrogen and oxygen atoms in total. The van der Waals surface area contributed by atoms with Crippen LogP contribution in [0.2, 0.25) is 0 Å². The fraction of sp³-hybridized carbons (Fsp3) is 0.875. The average molecular weight is 330 g/mol. The van der Waals surface area contributed by atoms with Crippen LogP contribution in [0.4, 0.5) is 13.2 Å². The zero-order valence-corrected chi connectivity index (χ0v) is 10.3. The van der Waals surface area contributed by atoms with Crippen molar-refractivity contribution in [1.29, 1.82) is 0 Å². The molecule has 124 valence electrons. The van der Waals surface area contributed by atoms with Gasteiger partial charge in [-0.3, -0.25) is 0 Å². The van der Waals surface area contributed by atoms with Crippen LogP contribution in [0.1, 0.15) is 0 Å². The molecule has 1 fully saturated rings.